The molecule has 1 fully saturated rings. The van der Waals surface area contributed by atoms with E-state index in [0.29, 0.717) is 25.3 Å². The molecule has 0 unspecified atom stereocenters. The van der Waals surface area contributed by atoms with Crippen molar-refractivity contribution in [3.63, 3.8) is 0 Å². The third-order valence-corrected chi connectivity index (χ3v) is 3.83. The van der Waals surface area contributed by atoms with Crippen molar-refractivity contribution in [1.82, 2.24) is 0 Å². The minimum atomic E-state index is -0.658. The molecule has 0 bridgehead atoms. The van der Waals surface area contributed by atoms with Crippen molar-refractivity contribution < 1.29 is 4.39 Å². The monoisotopic (exact) mass is 235 g/mol. The predicted octanol–water partition coefficient (Wildman–Crippen LogP) is 3.21. The van der Waals surface area contributed by atoms with E-state index in [2.05, 4.69) is 38.1 Å². The maximum absolute atomic E-state index is 13.1. The van der Waals surface area contributed by atoms with E-state index in [9.17, 15) is 4.39 Å². The summed E-state index contributed by atoms with van der Waals surface area (Å²) in [7, 11) is 0. The lowest BCUT2D eigenvalue weighted by molar-refractivity contribution is 0.0997. The lowest BCUT2D eigenvalue weighted by Crippen LogP contribution is -2.48. The van der Waals surface area contributed by atoms with E-state index in [4.69, 9.17) is 5.73 Å². The Morgan fingerprint density at radius 2 is 1.88 bits per heavy atom. The summed E-state index contributed by atoms with van der Waals surface area (Å²) in [5.41, 5.74) is 8.29. The predicted molar refractivity (Wildman–Crippen MR) is 69.8 cm³/mol. The van der Waals surface area contributed by atoms with Gasteiger partial charge in [0.1, 0.15) is 6.17 Å². The van der Waals surface area contributed by atoms with Gasteiger partial charge in [0, 0.05) is 12.0 Å². The molecule has 0 atom stereocenters. The van der Waals surface area contributed by atoms with Crippen LogP contribution in [0.15, 0.2) is 24.3 Å². The molecule has 1 aliphatic rings. The maximum Gasteiger partial charge on any atom is 0.102 e. The van der Waals surface area contributed by atoms with E-state index in [1.54, 1.807) is 0 Å². The van der Waals surface area contributed by atoms with Crippen molar-refractivity contribution in [2.75, 3.05) is 6.54 Å². The molecule has 0 aliphatic heterocycles. The summed E-state index contributed by atoms with van der Waals surface area (Å²) in [6.45, 7) is 4.99. The summed E-state index contributed by atoms with van der Waals surface area (Å²) < 4.78 is 13.1. The van der Waals surface area contributed by atoms with Crippen LogP contribution in [0, 0.1) is 5.92 Å². The van der Waals surface area contributed by atoms with Gasteiger partial charge in [0.05, 0.1) is 0 Å². The van der Waals surface area contributed by atoms with Gasteiger partial charge in [0.25, 0.3) is 0 Å². The lowest BCUT2D eigenvalue weighted by Gasteiger charge is -2.44. The minimum absolute atomic E-state index is 0.0875. The van der Waals surface area contributed by atoms with Gasteiger partial charge in [-0.05, 0) is 36.3 Å². The zero-order valence-electron chi connectivity index (χ0n) is 10.7. The van der Waals surface area contributed by atoms with Gasteiger partial charge in [-0.3, -0.25) is 0 Å². The van der Waals surface area contributed by atoms with Gasteiger partial charge in [-0.15, -0.1) is 0 Å². The van der Waals surface area contributed by atoms with Gasteiger partial charge in [-0.2, -0.15) is 0 Å². The fraction of sp³-hybridized carbons (Fsp3) is 0.600. The molecule has 2 heteroatoms. The third-order valence-electron chi connectivity index (χ3n) is 3.83. The van der Waals surface area contributed by atoms with Gasteiger partial charge < -0.3 is 5.73 Å². The number of hydrogen-bond donors (Lipinski definition) is 1. The Hall–Kier alpha value is -0.890. The van der Waals surface area contributed by atoms with Crippen LogP contribution in [0.25, 0.3) is 0 Å². The first-order valence-electron chi connectivity index (χ1n) is 6.49. The molecule has 1 saturated carbocycles. The van der Waals surface area contributed by atoms with Crippen molar-refractivity contribution in [1.29, 1.82) is 0 Å². The molecule has 2 rings (SSSR count). The fourth-order valence-electron chi connectivity index (χ4n) is 2.77. The van der Waals surface area contributed by atoms with Crippen LogP contribution in [0.4, 0.5) is 4.39 Å². The number of hydrogen-bond acceptors (Lipinski definition) is 1. The Bertz CT molecular complexity index is 363. The van der Waals surface area contributed by atoms with Crippen LogP contribution in [0.3, 0.4) is 0 Å². The molecule has 1 aliphatic carbocycles. The molecule has 0 spiro atoms. The quantitative estimate of drug-likeness (QED) is 0.852. The number of alkyl halides is 1. The highest BCUT2D eigenvalue weighted by Crippen LogP contribution is 2.44. The molecule has 17 heavy (non-hydrogen) atoms. The molecular weight excluding hydrogens is 213 g/mol. The van der Waals surface area contributed by atoms with Gasteiger partial charge >= 0.3 is 0 Å². The van der Waals surface area contributed by atoms with Crippen LogP contribution in [-0.4, -0.2) is 12.7 Å². The second-order valence-corrected chi connectivity index (χ2v) is 5.78. The highest BCUT2D eigenvalue weighted by molar-refractivity contribution is 5.33. The van der Waals surface area contributed by atoms with E-state index in [0.717, 1.165) is 6.42 Å². The third kappa shape index (κ3) is 2.52. The Labute approximate surface area is 103 Å². The van der Waals surface area contributed by atoms with Crippen LogP contribution in [0.1, 0.15) is 37.8 Å². The van der Waals surface area contributed by atoms with Crippen LogP contribution >= 0.6 is 0 Å². The van der Waals surface area contributed by atoms with Gasteiger partial charge in [-0.1, -0.05) is 38.1 Å². The van der Waals surface area contributed by atoms with Crippen LogP contribution < -0.4 is 5.73 Å². The second kappa shape index (κ2) is 4.77. The van der Waals surface area contributed by atoms with Crippen molar-refractivity contribution >= 4 is 0 Å². The molecule has 1 aromatic carbocycles. The van der Waals surface area contributed by atoms with Crippen molar-refractivity contribution in [2.45, 2.75) is 44.7 Å². The normalized spacial score (nSPS) is 28.2. The zero-order valence-corrected chi connectivity index (χ0v) is 10.7. The van der Waals surface area contributed by atoms with Crippen molar-refractivity contribution in [3.8, 4) is 0 Å². The molecule has 0 saturated heterocycles. The van der Waals surface area contributed by atoms with Gasteiger partial charge in [-0.25, -0.2) is 4.39 Å². The minimum Gasteiger partial charge on any atom is -0.330 e. The number of nitrogens with two attached hydrogens (primary N) is 1. The highest BCUT2D eigenvalue weighted by Gasteiger charge is 2.44. The topological polar surface area (TPSA) is 26.0 Å². The summed E-state index contributed by atoms with van der Waals surface area (Å²) in [4.78, 5) is 0. The molecule has 0 amide bonds. The molecule has 0 radical (unpaired) electrons. The zero-order chi connectivity index (χ0) is 12.5. The Morgan fingerprint density at radius 3 is 2.29 bits per heavy atom. The largest absolute Gasteiger partial charge is 0.330 e. The van der Waals surface area contributed by atoms with Gasteiger partial charge in [0.2, 0.25) is 0 Å². The van der Waals surface area contributed by atoms with E-state index >= 15 is 0 Å². The summed E-state index contributed by atoms with van der Waals surface area (Å²) in [6, 6.07) is 8.60. The molecule has 2 N–H and O–H groups in total. The first-order valence-corrected chi connectivity index (χ1v) is 6.49. The smallest absolute Gasteiger partial charge is 0.102 e. The SMILES string of the molecule is CC(C)Cc1ccc(C2(CN)CC(F)C2)cc1. The molecular formula is C15H22FN. The Morgan fingerprint density at radius 1 is 1.29 bits per heavy atom. The van der Waals surface area contributed by atoms with Crippen molar-refractivity contribution in [3.05, 3.63) is 35.4 Å². The first-order chi connectivity index (χ1) is 8.05. The maximum atomic E-state index is 13.1. The summed E-state index contributed by atoms with van der Waals surface area (Å²) in [5.74, 6) is 0.670. The molecule has 94 valence electrons. The van der Waals surface area contributed by atoms with Gasteiger partial charge in [0.15, 0.2) is 0 Å². The molecule has 1 nitrogen and oxygen atoms in total. The molecule has 0 aromatic heterocycles. The number of halogens is 1. The number of benzene rings is 1. The van der Waals surface area contributed by atoms with Crippen LogP contribution in [0.2, 0.25) is 0 Å². The van der Waals surface area contributed by atoms with E-state index in [1.165, 1.54) is 11.1 Å². The Balaban J connectivity index is 2.12. The summed E-state index contributed by atoms with van der Waals surface area (Å²) in [5, 5.41) is 0. The molecule has 1 aromatic rings. The second-order valence-electron chi connectivity index (χ2n) is 5.78. The van der Waals surface area contributed by atoms with E-state index in [-0.39, 0.29) is 5.41 Å². The first kappa shape index (κ1) is 12.6. The summed E-state index contributed by atoms with van der Waals surface area (Å²) >= 11 is 0. The average molecular weight is 235 g/mol. The van der Waals surface area contributed by atoms with Crippen LogP contribution in [-0.2, 0) is 11.8 Å². The summed E-state index contributed by atoms with van der Waals surface area (Å²) in [6.07, 6.45) is 1.62. The number of rotatable bonds is 4. The average Bonchev–Trinajstić information content (AvgIpc) is 2.25. The molecule has 0 heterocycles. The van der Waals surface area contributed by atoms with Crippen LogP contribution in [0.5, 0.6) is 0 Å². The fourth-order valence-corrected chi connectivity index (χ4v) is 2.77. The van der Waals surface area contributed by atoms with E-state index in [1.807, 2.05) is 0 Å². The Kier molecular flexibility index (Phi) is 3.53. The van der Waals surface area contributed by atoms with Crippen molar-refractivity contribution in [2.24, 2.45) is 11.7 Å². The standard InChI is InChI=1S/C15H22FN/c1-11(2)7-12-3-5-13(6-4-12)15(10-17)8-14(16)9-15/h3-6,11,14H,7-10,17H2,1-2H3. The lowest BCUT2D eigenvalue weighted by atomic mass is 9.63. The van der Waals surface area contributed by atoms with E-state index < -0.39 is 6.17 Å². The highest BCUT2D eigenvalue weighted by atomic mass is 19.1.